The van der Waals surface area contributed by atoms with Gasteiger partial charge in [-0.1, -0.05) is 61.9 Å². The van der Waals surface area contributed by atoms with Gasteiger partial charge in [-0.25, -0.2) is 5.01 Å². The van der Waals surface area contributed by atoms with Crippen LogP contribution in [0, 0.1) is 0 Å². The van der Waals surface area contributed by atoms with Crippen molar-refractivity contribution in [1.82, 2.24) is 10.4 Å². The van der Waals surface area contributed by atoms with Crippen LogP contribution in [-0.2, 0) is 11.2 Å². The lowest BCUT2D eigenvalue weighted by Crippen LogP contribution is -2.51. The van der Waals surface area contributed by atoms with E-state index in [0.29, 0.717) is 18.2 Å². The number of hydrazine groups is 1. The molecule has 28 heavy (non-hydrogen) atoms. The summed E-state index contributed by atoms with van der Waals surface area (Å²) in [6.45, 7) is 5.62. The van der Waals surface area contributed by atoms with E-state index in [-0.39, 0.29) is 12.0 Å². The van der Waals surface area contributed by atoms with Crippen molar-refractivity contribution in [3.8, 4) is 0 Å². The van der Waals surface area contributed by atoms with Gasteiger partial charge in [0, 0.05) is 24.8 Å². The number of ether oxygens (including phenoxy) is 1. The molecule has 0 radical (unpaired) electrons. The SMILES string of the molecule is CCOC(CC)c1ccccc1C(=O)NN1CCCCC1Cc1ccccc1. The van der Waals surface area contributed by atoms with Gasteiger partial charge in [0.1, 0.15) is 0 Å². The van der Waals surface area contributed by atoms with Gasteiger partial charge in [-0.15, -0.1) is 0 Å². The fraction of sp³-hybridized carbons (Fsp3) is 0.458. The van der Waals surface area contributed by atoms with Gasteiger partial charge in [-0.05, 0) is 49.8 Å². The molecule has 2 unspecified atom stereocenters. The van der Waals surface area contributed by atoms with Crippen LogP contribution in [0.3, 0.4) is 0 Å². The Morgan fingerprint density at radius 1 is 1.11 bits per heavy atom. The van der Waals surface area contributed by atoms with Crippen LogP contribution in [0.1, 0.15) is 67.1 Å². The van der Waals surface area contributed by atoms with Gasteiger partial charge in [0.15, 0.2) is 0 Å². The maximum absolute atomic E-state index is 13.1. The maximum Gasteiger partial charge on any atom is 0.265 e. The molecule has 1 N–H and O–H groups in total. The van der Waals surface area contributed by atoms with Crippen LogP contribution in [0.5, 0.6) is 0 Å². The molecule has 0 aromatic heterocycles. The summed E-state index contributed by atoms with van der Waals surface area (Å²) in [5.74, 6) is -0.0336. The van der Waals surface area contributed by atoms with Gasteiger partial charge in [0.2, 0.25) is 0 Å². The van der Waals surface area contributed by atoms with E-state index in [4.69, 9.17) is 4.74 Å². The highest BCUT2D eigenvalue weighted by molar-refractivity contribution is 5.95. The van der Waals surface area contributed by atoms with Gasteiger partial charge in [-0.3, -0.25) is 10.2 Å². The second-order valence-corrected chi connectivity index (χ2v) is 7.41. The van der Waals surface area contributed by atoms with E-state index >= 15 is 0 Å². The molecule has 4 nitrogen and oxygen atoms in total. The third-order valence-corrected chi connectivity index (χ3v) is 5.48. The molecule has 2 atom stereocenters. The van der Waals surface area contributed by atoms with Gasteiger partial charge < -0.3 is 4.74 Å². The molecule has 1 saturated heterocycles. The monoisotopic (exact) mass is 380 g/mol. The van der Waals surface area contributed by atoms with Crippen molar-refractivity contribution in [1.29, 1.82) is 0 Å². The normalized spacial score (nSPS) is 18.6. The summed E-state index contributed by atoms with van der Waals surface area (Å²) in [6, 6.07) is 18.7. The Kier molecular flexibility index (Phi) is 7.63. The Bertz CT molecular complexity index is 747. The molecule has 2 aromatic carbocycles. The molecule has 0 aliphatic carbocycles. The van der Waals surface area contributed by atoms with E-state index < -0.39 is 0 Å². The smallest absolute Gasteiger partial charge is 0.265 e. The number of nitrogens with one attached hydrogen (secondary N) is 1. The lowest BCUT2D eigenvalue weighted by atomic mass is 9.97. The Morgan fingerprint density at radius 2 is 1.86 bits per heavy atom. The Hall–Kier alpha value is -2.17. The van der Waals surface area contributed by atoms with Crippen LogP contribution < -0.4 is 5.43 Å². The van der Waals surface area contributed by atoms with Gasteiger partial charge >= 0.3 is 0 Å². The molecule has 4 heteroatoms. The van der Waals surface area contributed by atoms with E-state index in [1.165, 1.54) is 12.0 Å². The molecule has 1 aliphatic heterocycles. The van der Waals surface area contributed by atoms with E-state index in [2.05, 4.69) is 41.6 Å². The van der Waals surface area contributed by atoms with Gasteiger partial charge in [-0.2, -0.15) is 0 Å². The number of hydrogen-bond donors (Lipinski definition) is 1. The first kappa shape index (κ1) is 20.6. The highest BCUT2D eigenvalue weighted by Gasteiger charge is 2.26. The van der Waals surface area contributed by atoms with Gasteiger partial charge in [0.05, 0.1) is 6.10 Å². The Labute approximate surface area is 168 Å². The van der Waals surface area contributed by atoms with Crippen molar-refractivity contribution in [2.75, 3.05) is 13.2 Å². The first-order valence-electron chi connectivity index (χ1n) is 10.5. The Morgan fingerprint density at radius 3 is 2.61 bits per heavy atom. The van der Waals surface area contributed by atoms with Crippen LogP contribution in [0.25, 0.3) is 0 Å². The van der Waals surface area contributed by atoms with E-state index in [1.807, 2.05) is 37.3 Å². The molecule has 1 heterocycles. The average molecular weight is 381 g/mol. The number of amides is 1. The van der Waals surface area contributed by atoms with E-state index in [0.717, 1.165) is 37.8 Å². The third-order valence-electron chi connectivity index (χ3n) is 5.48. The number of carbonyl (C=O) groups excluding carboxylic acids is 1. The van der Waals surface area contributed by atoms with Crippen LogP contribution in [0.15, 0.2) is 54.6 Å². The van der Waals surface area contributed by atoms with Crippen molar-refractivity contribution in [2.45, 2.75) is 58.1 Å². The predicted molar refractivity (Wildman–Crippen MR) is 113 cm³/mol. The first-order chi connectivity index (χ1) is 13.7. The fourth-order valence-electron chi connectivity index (χ4n) is 4.05. The van der Waals surface area contributed by atoms with Crippen LogP contribution in [0.2, 0.25) is 0 Å². The lowest BCUT2D eigenvalue weighted by molar-refractivity contribution is 0.0517. The van der Waals surface area contributed by atoms with E-state index in [1.54, 1.807) is 0 Å². The number of benzene rings is 2. The molecular formula is C24H32N2O2. The summed E-state index contributed by atoms with van der Waals surface area (Å²) in [5, 5.41) is 2.15. The number of nitrogens with zero attached hydrogens (tertiary/aromatic N) is 1. The number of hydrogen-bond acceptors (Lipinski definition) is 3. The molecule has 1 amide bonds. The first-order valence-corrected chi connectivity index (χ1v) is 10.5. The maximum atomic E-state index is 13.1. The second-order valence-electron chi connectivity index (χ2n) is 7.41. The minimum Gasteiger partial charge on any atom is -0.374 e. The standard InChI is InChI=1S/C24H32N2O2/c1-3-23(28-4-2)21-15-8-9-16-22(21)24(27)25-26-17-11-10-14-20(26)18-19-12-6-5-7-13-19/h5-9,12-13,15-16,20,23H,3-4,10-11,14,17-18H2,1-2H3,(H,25,27). The summed E-state index contributed by atoms with van der Waals surface area (Å²) in [7, 11) is 0. The van der Waals surface area contributed by atoms with Gasteiger partial charge in [0.25, 0.3) is 5.91 Å². The fourth-order valence-corrected chi connectivity index (χ4v) is 4.05. The summed E-state index contributed by atoms with van der Waals surface area (Å²) in [4.78, 5) is 13.1. The topological polar surface area (TPSA) is 41.6 Å². The molecule has 150 valence electrons. The molecule has 0 saturated carbocycles. The third kappa shape index (κ3) is 5.21. The molecule has 1 fully saturated rings. The number of rotatable bonds is 8. The summed E-state index contributed by atoms with van der Waals surface area (Å²) in [5.41, 5.74) is 6.21. The number of piperidine rings is 1. The summed E-state index contributed by atoms with van der Waals surface area (Å²) < 4.78 is 5.86. The van der Waals surface area contributed by atoms with Crippen molar-refractivity contribution in [3.63, 3.8) is 0 Å². The largest absolute Gasteiger partial charge is 0.374 e. The van der Waals surface area contributed by atoms with Crippen LogP contribution in [-0.4, -0.2) is 30.1 Å². The minimum absolute atomic E-state index is 0.0336. The van der Waals surface area contributed by atoms with Crippen LogP contribution in [0.4, 0.5) is 0 Å². The number of carbonyl (C=O) groups is 1. The quantitative estimate of drug-likeness (QED) is 0.707. The van der Waals surface area contributed by atoms with Crippen molar-refractivity contribution < 1.29 is 9.53 Å². The lowest BCUT2D eigenvalue weighted by Gasteiger charge is -2.36. The van der Waals surface area contributed by atoms with Crippen LogP contribution >= 0.6 is 0 Å². The van der Waals surface area contributed by atoms with Crippen molar-refractivity contribution >= 4 is 5.91 Å². The highest BCUT2D eigenvalue weighted by atomic mass is 16.5. The van der Waals surface area contributed by atoms with Crippen molar-refractivity contribution in [3.05, 3.63) is 71.3 Å². The molecular weight excluding hydrogens is 348 g/mol. The minimum atomic E-state index is -0.0478. The van der Waals surface area contributed by atoms with Crippen molar-refractivity contribution in [2.24, 2.45) is 0 Å². The molecule has 1 aliphatic rings. The zero-order chi connectivity index (χ0) is 19.8. The average Bonchev–Trinajstić information content (AvgIpc) is 2.74. The predicted octanol–water partition coefficient (Wildman–Crippen LogP) is 4.92. The molecule has 0 bridgehead atoms. The summed E-state index contributed by atoms with van der Waals surface area (Å²) in [6.07, 6.45) is 5.19. The summed E-state index contributed by atoms with van der Waals surface area (Å²) >= 11 is 0. The van der Waals surface area contributed by atoms with E-state index in [9.17, 15) is 4.79 Å². The molecule has 2 aromatic rings. The highest BCUT2D eigenvalue weighted by Crippen LogP contribution is 2.25. The molecule has 0 spiro atoms. The second kappa shape index (κ2) is 10.4. The zero-order valence-electron chi connectivity index (χ0n) is 17.1. The molecule has 3 rings (SSSR count). The zero-order valence-corrected chi connectivity index (χ0v) is 17.1. The Balaban J connectivity index is 1.74.